The molecule has 4 rings (SSSR count). The van der Waals surface area contributed by atoms with Crippen molar-refractivity contribution >= 4 is 17.5 Å². The minimum atomic E-state index is 0.287. The van der Waals surface area contributed by atoms with Crippen LogP contribution in [0.25, 0.3) is 11.3 Å². The molecule has 0 saturated carbocycles. The summed E-state index contributed by atoms with van der Waals surface area (Å²) in [6.45, 7) is 1.37. The summed E-state index contributed by atoms with van der Waals surface area (Å²) in [5, 5.41) is 4.73. The predicted octanol–water partition coefficient (Wildman–Crippen LogP) is 3.23. The maximum absolute atomic E-state index is 6.54. The van der Waals surface area contributed by atoms with Gasteiger partial charge in [0.25, 0.3) is 0 Å². The molecular weight excluding hydrogens is 292 g/mol. The Kier molecular flexibility index (Phi) is 2.96. The number of halogens is 1. The first kappa shape index (κ1) is 12.8. The van der Waals surface area contributed by atoms with E-state index in [1.54, 1.807) is 6.07 Å². The highest BCUT2D eigenvalue weighted by Gasteiger charge is 2.30. The number of nitrogens with two attached hydrogens (primary N) is 1. The second kappa shape index (κ2) is 4.84. The lowest BCUT2D eigenvalue weighted by molar-refractivity contribution is 0.274. The molecule has 21 heavy (non-hydrogen) atoms. The van der Waals surface area contributed by atoms with E-state index in [0.29, 0.717) is 23.9 Å². The van der Waals surface area contributed by atoms with Crippen molar-refractivity contribution in [1.29, 1.82) is 0 Å². The summed E-state index contributed by atoms with van der Waals surface area (Å²) in [5.74, 6) is 1.86. The number of aromatic nitrogens is 1. The van der Waals surface area contributed by atoms with Crippen molar-refractivity contribution in [1.82, 2.24) is 5.16 Å². The Labute approximate surface area is 127 Å². The number of benzene rings is 1. The first-order valence-electron chi connectivity index (χ1n) is 7.11. The molecule has 2 aliphatic heterocycles. The summed E-state index contributed by atoms with van der Waals surface area (Å²) >= 11 is 6.54. The smallest absolute Gasteiger partial charge is 0.222 e. The number of nitrogens with zero attached hydrogens (tertiary/aromatic N) is 1. The molecule has 110 valence electrons. The quantitative estimate of drug-likeness (QED) is 0.876. The molecule has 0 bridgehead atoms. The first-order chi connectivity index (χ1) is 10.3. The molecule has 0 atom stereocenters. The summed E-state index contributed by atoms with van der Waals surface area (Å²) in [7, 11) is 0. The topological polar surface area (TPSA) is 70.5 Å². The fourth-order valence-corrected chi connectivity index (χ4v) is 3.42. The SMILES string of the molecule is Nc1cc(-c2c3c(c(Cl)c4c2OCCC4)OCCC3)no1. The monoisotopic (exact) mass is 306 g/mol. The molecule has 0 unspecified atom stereocenters. The van der Waals surface area contributed by atoms with Gasteiger partial charge in [-0.2, -0.15) is 0 Å². The minimum Gasteiger partial charge on any atom is -0.493 e. The molecule has 0 amide bonds. The molecule has 0 spiro atoms. The summed E-state index contributed by atoms with van der Waals surface area (Å²) in [4.78, 5) is 0. The zero-order valence-corrected chi connectivity index (χ0v) is 12.2. The maximum Gasteiger partial charge on any atom is 0.222 e. The second-order valence-electron chi connectivity index (χ2n) is 5.32. The Morgan fingerprint density at radius 3 is 2.48 bits per heavy atom. The van der Waals surface area contributed by atoms with Crippen LogP contribution in [-0.4, -0.2) is 18.4 Å². The Hall–Kier alpha value is -1.88. The Morgan fingerprint density at radius 1 is 1.05 bits per heavy atom. The molecule has 5 nitrogen and oxygen atoms in total. The second-order valence-corrected chi connectivity index (χ2v) is 5.70. The van der Waals surface area contributed by atoms with E-state index in [1.165, 1.54) is 0 Å². The van der Waals surface area contributed by atoms with E-state index >= 15 is 0 Å². The van der Waals surface area contributed by atoms with Crippen LogP contribution in [0, 0.1) is 0 Å². The van der Waals surface area contributed by atoms with Gasteiger partial charge in [0.05, 0.1) is 23.8 Å². The van der Waals surface area contributed by atoms with Crippen LogP contribution in [0.2, 0.25) is 5.02 Å². The molecule has 6 heteroatoms. The van der Waals surface area contributed by atoms with Crippen molar-refractivity contribution in [2.24, 2.45) is 0 Å². The standard InChI is InChI=1S/C15H15ClN2O3/c16-13-9-4-2-5-19-14(9)12(10-7-11(17)21-18-10)8-3-1-6-20-15(8)13/h7H,1-6,17H2. The molecule has 3 heterocycles. The number of ether oxygens (including phenoxy) is 2. The van der Waals surface area contributed by atoms with Crippen LogP contribution < -0.4 is 15.2 Å². The van der Waals surface area contributed by atoms with Gasteiger partial charge in [0.1, 0.15) is 17.2 Å². The number of fused-ring (bicyclic) bond motifs is 2. The highest BCUT2D eigenvalue weighted by molar-refractivity contribution is 6.33. The third-order valence-corrected chi connectivity index (χ3v) is 4.36. The third-order valence-electron chi connectivity index (χ3n) is 3.96. The van der Waals surface area contributed by atoms with E-state index < -0.39 is 0 Å². The van der Waals surface area contributed by atoms with Gasteiger partial charge in [0.15, 0.2) is 0 Å². The summed E-state index contributed by atoms with van der Waals surface area (Å²) < 4.78 is 16.7. The Balaban J connectivity index is 2.03. The minimum absolute atomic E-state index is 0.287. The van der Waals surface area contributed by atoms with Gasteiger partial charge in [-0.1, -0.05) is 16.8 Å². The van der Waals surface area contributed by atoms with Gasteiger partial charge in [-0.05, 0) is 25.7 Å². The van der Waals surface area contributed by atoms with E-state index in [1.807, 2.05) is 0 Å². The van der Waals surface area contributed by atoms with Crippen LogP contribution >= 0.6 is 11.6 Å². The molecule has 2 aromatic rings. The lowest BCUT2D eigenvalue weighted by Crippen LogP contribution is -2.16. The van der Waals surface area contributed by atoms with E-state index in [4.69, 9.17) is 31.3 Å². The summed E-state index contributed by atoms with van der Waals surface area (Å²) in [6, 6.07) is 1.72. The highest BCUT2D eigenvalue weighted by Crippen LogP contribution is 2.50. The van der Waals surface area contributed by atoms with Gasteiger partial charge in [0, 0.05) is 17.2 Å². The van der Waals surface area contributed by atoms with Gasteiger partial charge < -0.3 is 19.7 Å². The first-order valence-corrected chi connectivity index (χ1v) is 7.49. The fraction of sp³-hybridized carbons (Fsp3) is 0.400. The van der Waals surface area contributed by atoms with E-state index in [9.17, 15) is 0 Å². The molecule has 0 fully saturated rings. The molecule has 1 aromatic heterocycles. The van der Waals surface area contributed by atoms with Gasteiger partial charge in [-0.3, -0.25) is 0 Å². The van der Waals surface area contributed by atoms with Gasteiger partial charge >= 0.3 is 0 Å². The molecule has 1 aromatic carbocycles. The van der Waals surface area contributed by atoms with Crippen LogP contribution in [-0.2, 0) is 12.8 Å². The van der Waals surface area contributed by atoms with Gasteiger partial charge in [-0.15, -0.1) is 0 Å². The fourth-order valence-electron chi connectivity index (χ4n) is 3.07. The van der Waals surface area contributed by atoms with E-state index in [2.05, 4.69) is 5.16 Å². The lowest BCUT2D eigenvalue weighted by Gasteiger charge is -2.28. The average Bonchev–Trinajstić information content (AvgIpc) is 2.94. The molecule has 0 saturated heterocycles. The molecule has 2 N–H and O–H groups in total. The number of rotatable bonds is 1. The van der Waals surface area contributed by atoms with Crippen molar-refractivity contribution in [2.75, 3.05) is 18.9 Å². The average molecular weight is 307 g/mol. The van der Waals surface area contributed by atoms with Gasteiger partial charge in [-0.25, -0.2) is 0 Å². The van der Waals surface area contributed by atoms with Crippen LogP contribution in [0.15, 0.2) is 10.6 Å². The Morgan fingerprint density at radius 2 is 1.76 bits per heavy atom. The lowest BCUT2D eigenvalue weighted by atomic mass is 9.91. The van der Waals surface area contributed by atoms with Crippen molar-refractivity contribution in [2.45, 2.75) is 25.7 Å². The van der Waals surface area contributed by atoms with E-state index in [0.717, 1.165) is 53.9 Å². The maximum atomic E-state index is 6.54. The number of hydrogen-bond donors (Lipinski definition) is 1. The molecule has 2 aliphatic rings. The Bertz CT molecular complexity index is 674. The van der Waals surface area contributed by atoms with Crippen LogP contribution in [0.1, 0.15) is 24.0 Å². The van der Waals surface area contributed by atoms with Crippen LogP contribution in [0.3, 0.4) is 0 Å². The zero-order valence-electron chi connectivity index (χ0n) is 11.4. The largest absolute Gasteiger partial charge is 0.493 e. The zero-order chi connectivity index (χ0) is 14.4. The summed E-state index contributed by atoms with van der Waals surface area (Å²) in [6.07, 6.45) is 3.66. The van der Waals surface area contributed by atoms with Crippen molar-refractivity contribution in [3.05, 3.63) is 22.2 Å². The van der Waals surface area contributed by atoms with Crippen molar-refractivity contribution in [3.8, 4) is 22.8 Å². The predicted molar refractivity (Wildman–Crippen MR) is 79.0 cm³/mol. The molecule has 0 radical (unpaired) electrons. The van der Waals surface area contributed by atoms with Crippen molar-refractivity contribution < 1.29 is 14.0 Å². The number of nitrogen functional groups attached to an aromatic ring is 1. The van der Waals surface area contributed by atoms with Crippen LogP contribution in [0.4, 0.5) is 5.88 Å². The third kappa shape index (κ3) is 1.95. The van der Waals surface area contributed by atoms with E-state index in [-0.39, 0.29) is 5.88 Å². The van der Waals surface area contributed by atoms with Crippen molar-refractivity contribution in [3.63, 3.8) is 0 Å². The highest BCUT2D eigenvalue weighted by atomic mass is 35.5. The molecule has 0 aliphatic carbocycles. The number of anilines is 1. The molecular formula is C15H15ClN2O3. The summed E-state index contributed by atoms with van der Waals surface area (Å²) in [5.41, 5.74) is 9.32. The van der Waals surface area contributed by atoms with Crippen LogP contribution in [0.5, 0.6) is 11.5 Å². The van der Waals surface area contributed by atoms with Gasteiger partial charge in [0.2, 0.25) is 5.88 Å². The number of hydrogen-bond acceptors (Lipinski definition) is 5. The normalized spacial score (nSPS) is 16.6.